The monoisotopic (exact) mass is 998 g/mol. The third kappa shape index (κ3) is 6.45. The molecular weight excluding hydrogens is 949 g/mol. The van der Waals surface area contributed by atoms with Gasteiger partial charge in [0.15, 0.2) is 16.1 Å². The van der Waals surface area contributed by atoms with Crippen LogP contribution >= 0.6 is 0 Å². The molecule has 1 aliphatic heterocycles. The van der Waals surface area contributed by atoms with Gasteiger partial charge in [-0.1, -0.05) is 261 Å². The standard InChI is InChI=1S/C72H50N2Si2/c1-6-23-54(24-7-1)75(55-25-8-2-9-26-55,56-27-10-3-11-28-56)59-45-43-53(44-46-59)73-66-37-19-17-34-61(66)64-36-22-39-68(72(64)73)74-67-38-20-16-33-60(67)62-47-41-52(50-69(62)74)51-42-48-71-65(49-51)63-35-18-21-40-70(63)76(71,57-29-12-4-13-30-57)58-31-14-5-15-32-58/h1-50H. The fourth-order valence-corrected chi connectivity index (χ4v) is 23.3. The van der Waals surface area contributed by atoms with Crippen LogP contribution < -0.4 is 41.5 Å². The van der Waals surface area contributed by atoms with E-state index in [1.165, 1.54) is 107 Å². The fraction of sp³-hybridized carbons (Fsp3) is 0. The zero-order chi connectivity index (χ0) is 50.2. The van der Waals surface area contributed by atoms with Crippen molar-refractivity contribution in [2.75, 3.05) is 0 Å². The molecule has 0 atom stereocenters. The summed E-state index contributed by atoms with van der Waals surface area (Å²) in [6.45, 7) is 0. The number of fused-ring (bicyclic) bond motifs is 9. The Morgan fingerprint density at radius 1 is 0.276 bits per heavy atom. The first kappa shape index (κ1) is 44.2. The van der Waals surface area contributed by atoms with Gasteiger partial charge < -0.3 is 9.13 Å². The van der Waals surface area contributed by atoms with Crippen LogP contribution in [-0.2, 0) is 0 Å². The van der Waals surface area contributed by atoms with Crippen LogP contribution in [0.2, 0.25) is 0 Å². The lowest BCUT2D eigenvalue weighted by Gasteiger charge is -2.34. The highest BCUT2D eigenvalue weighted by Crippen LogP contribution is 2.41. The highest BCUT2D eigenvalue weighted by atomic mass is 28.3. The molecule has 0 amide bonds. The van der Waals surface area contributed by atoms with Crippen molar-refractivity contribution in [3.05, 3.63) is 303 Å². The van der Waals surface area contributed by atoms with E-state index in [-0.39, 0.29) is 0 Å². The average molecular weight is 999 g/mol. The Labute approximate surface area is 444 Å². The summed E-state index contributed by atoms with van der Waals surface area (Å²) in [6.07, 6.45) is 0. The van der Waals surface area contributed by atoms with E-state index < -0.39 is 16.1 Å². The minimum atomic E-state index is -2.74. The van der Waals surface area contributed by atoms with Crippen LogP contribution in [0.3, 0.4) is 0 Å². The Morgan fingerprint density at radius 3 is 1.34 bits per heavy atom. The van der Waals surface area contributed by atoms with E-state index in [9.17, 15) is 0 Å². The lowest BCUT2D eigenvalue weighted by Crippen LogP contribution is -2.74. The van der Waals surface area contributed by atoms with Gasteiger partial charge in [-0.3, -0.25) is 0 Å². The topological polar surface area (TPSA) is 9.86 Å². The molecule has 0 unspecified atom stereocenters. The van der Waals surface area contributed by atoms with E-state index in [1.54, 1.807) is 0 Å². The fourth-order valence-electron chi connectivity index (χ4n) is 13.4. The van der Waals surface area contributed by atoms with E-state index in [0.717, 1.165) is 11.4 Å². The van der Waals surface area contributed by atoms with Gasteiger partial charge in [0.05, 0.1) is 27.8 Å². The molecule has 356 valence electrons. The number of rotatable bonds is 9. The number of benzene rings is 12. The Kier molecular flexibility index (Phi) is 10.3. The van der Waals surface area contributed by atoms with Gasteiger partial charge in [0, 0.05) is 27.2 Å². The Hall–Kier alpha value is -9.33. The predicted molar refractivity (Wildman–Crippen MR) is 327 cm³/mol. The number of para-hydroxylation sites is 3. The Morgan fingerprint density at radius 2 is 0.724 bits per heavy atom. The molecule has 0 spiro atoms. The van der Waals surface area contributed by atoms with Gasteiger partial charge in [-0.25, -0.2) is 0 Å². The summed E-state index contributed by atoms with van der Waals surface area (Å²) in [5.41, 5.74) is 12.1. The molecule has 3 heterocycles. The van der Waals surface area contributed by atoms with Crippen LogP contribution in [-0.4, -0.2) is 25.3 Å². The van der Waals surface area contributed by atoms with Crippen molar-refractivity contribution >= 4 is 101 Å². The molecule has 0 saturated heterocycles. The summed E-state index contributed by atoms with van der Waals surface area (Å²) in [5, 5.41) is 16.1. The molecule has 4 heteroatoms. The lowest BCUT2D eigenvalue weighted by atomic mass is 9.98. The Balaban J connectivity index is 0.932. The maximum absolute atomic E-state index is 2.74. The normalized spacial score (nSPS) is 12.8. The number of aromatic nitrogens is 2. The predicted octanol–water partition coefficient (Wildman–Crippen LogP) is 12.3. The molecule has 0 bridgehead atoms. The smallest absolute Gasteiger partial charge is 0.180 e. The molecule has 0 saturated carbocycles. The molecule has 0 radical (unpaired) electrons. The maximum atomic E-state index is 2.53. The highest BCUT2D eigenvalue weighted by Gasteiger charge is 2.48. The van der Waals surface area contributed by atoms with Crippen molar-refractivity contribution in [2.45, 2.75) is 0 Å². The molecule has 1 aliphatic rings. The van der Waals surface area contributed by atoms with E-state index in [0.29, 0.717) is 0 Å². The largest absolute Gasteiger partial charge is 0.307 e. The second-order valence-electron chi connectivity index (χ2n) is 20.3. The van der Waals surface area contributed by atoms with E-state index in [2.05, 4.69) is 312 Å². The van der Waals surface area contributed by atoms with Crippen molar-refractivity contribution in [3.63, 3.8) is 0 Å². The second kappa shape index (κ2) is 17.7. The zero-order valence-corrected chi connectivity index (χ0v) is 43.8. The quantitative estimate of drug-likeness (QED) is 0.101. The third-order valence-electron chi connectivity index (χ3n) is 16.6. The van der Waals surface area contributed by atoms with Crippen molar-refractivity contribution in [2.24, 2.45) is 0 Å². The average Bonchev–Trinajstić information content (AvgIpc) is 4.13. The second-order valence-corrected chi connectivity index (χ2v) is 27.8. The molecule has 12 aromatic carbocycles. The van der Waals surface area contributed by atoms with Crippen LogP contribution in [0.25, 0.3) is 77.2 Å². The van der Waals surface area contributed by atoms with Gasteiger partial charge in [0.25, 0.3) is 0 Å². The molecule has 0 fully saturated rings. The minimum Gasteiger partial charge on any atom is -0.307 e. The minimum absolute atomic E-state index is 1.13. The summed E-state index contributed by atoms with van der Waals surface area (Å²) in [7, 11) is -5.34. The molecule has 2 aromatic heterocycles. The highest BCUT2D eigenvalue weighted by molar-refractivity contribution is 7.22. The number of hydrogen-bond donors (Lipinski definition) is 0. The van der Waals surface area contributed by atoms with Gasteiger partial charge in [-0.05, 0) is 106 Å². The van der Waals surface area contributed by atoms with Gasteiger partial charge in [0.2, 0.25) is 0 Å². The van der Waals surface area contributed by atoms with Crippen LogP contribution in [0.4, 0.5) is 0 Å². The van der Waals surface area contributed by atoms with Gasteiger partial charge in [-0.15, -0.1) is 0 Å². The molecule has 2 nitrogen and oxygen atoms in total. The maximum Gasteiger partial charge on any atom is 0.180 e. The summed E-state index contributed by atoms with van der Waals surface area (Å²) >= 11 is 0. The number of hydrogen-bond acceptors (Lipinski definition) is 0. The van der Waals surface area contributed by atoms with Gasteiger partial charge in [-0.2, -0.15) is 0 Å². The summed E-state index contributed by atoms with van der Waals surface area (Å²) in [5.74, 6) is 0. The zero-order valence-electron chi connectivity index (χ0n) is 41.8. The molecule has 76 heavy (non-hydrogen) atoms. The summed E-state index contributed by atoms with van der Waals surface area (Å²) in [6, 6.07) is 114. The molecule has 14 aromatic rings. The summed E-state index contributed by atoms with van der Waals surface area (Å²) in [4.78, 5) is 0. The first-order valence-electron chi connectivity index (χ1n) is 26.4. The van der Waals surface area contributed by atoms with Crippen molar-refractivity contribution in [3.8, 4) is 33.6 Å². The SMILES string of the molecule is c1ccc([Si](c2ccccc2)(c2ccccc2)c2ccc(-n3c4ccccc4c4cccc(-n5c6ccccc6c6ccc(-c7ccc8c(c7)-c7ccccc7[Si]8(c7ccccc7)c7ccccc7)cc65)c43)cc2)cc1. The molecule has 0 N–H and O–H groups in total. The lowest BCUT2D eigenvalue weighted by molar-refractivity contribution is 1.13. The molecule has 0 aliphatic carbocycles. The van der Waals surface area contributed by atoms with Crippen LogP contribution in [0.15, 0.2) is 303 Å². The van der Waals surface area contributed by atoms with Crippen LogP contribution in [0.5, 0.6) is 0 Å². The van der Waals surface area contributed by atoms with E-state index >= 15 is 0 Å². The molecular formula is C72H50N2Si2. The third-order valence-corrected chi connectivity index (χ3v) is 26.2. The van der Waals surface area contributed by atoms with Crippen molar-refractivity contribution < 1.29 is 0 Å². The van der Waals surface area contributed by atoms with E-state index in [1.807, 2.05) is 0 Å². The summed E-state index contributed by atoms with van der Waals surface area (Å²) < 4.78 is 5.04. The molecule has 15 rings (SSSR count). The van der Waals surface area contributed by atoms with Crippen LogP contribution in [0.1, 0.15) is 0 Å². The Bertz CT molecular complexity index is 4350. The van der Waals surface area contributed by atoms with Gasteiger partial charge >= 0.3 is 0 Å². The first-order valence-corrected chi connectivity index (χ1v) is 30.4. The van der Waals surface area contributed by atoms with Crippen molar-refractivity contribution in [1.29, 1.82) is 0 Å². The van der Waals surface area contributed by atoms with E-state index in [4.69, 9.17) is 0 Å². The first-order chi connectivity index (χ1) is 37.7. The van der Waals surface area contributed by atoms with Crippen LogP contribution in [0, 0.1) is 0 Å². The van der Waals surface area contributed by atoms with Gasteiger partial charge in [0.1, 0.15) is 0 Å². The van der Waals surface area contributed by atoms with Crippen molar-refractivity contribution in [1.82, 2.24) is 9.13 Å². The number of nitrogens with zero attached hydrogens (tertiary/aromatic N) is 2.